The number of fused-ring (bicyclic) bond motifs is 3. The van der Waals surface area contributed by atoms with Crippen LogP contribution in [0, 0.1) is 12.8 Å². The molecule has 6 nitrogen and oxygen atoms in total. The third-order valence-electron chi connectivity index (χ3n) is 6.67. The molecule has 0 saturated heterocycles. The molecule has 8 heteroatoms. The van der Waals surface area contributed by atoms with E-state index in [1.165, 1.54) is 23.1 Å². The Morgan fingerprint density at radius 1 is 1.19 bits per heavy atom. The molecular weight excluding hydrogens is 502 g/mol. The lowest BCUT2D eigenvalue weighted by molar-refractivity contribution is -0.113. The minimum absolute atomic E-state index is 0.0238. The van der Waals surface area contributed by atoms with Crippen molar-refractivity contribution >= 4 is 44.9 Å². The van der Waals surface area contributed by atoms with E-state index in [1.54, 1.807) is 4.57 Å². The monoisotopic (exact) mass is 533 g/mol. The Bertz CT molecular complexity index is 1460. The number of nitrogens with one attached hydrogen (secondary N) is 1. The molecular formula is C29H31N3O3S2. The molecule has 0 spiro atoms. The van der Waals surface area contributed by atoms with Crippen molar-refractivity contribution in [3.8, 4) is 0 Å². The second-order valence-electron chi connectivity index (χ2n) is 9.77. The fraction of sp³-hybridized carbons (Fsp3) is 0.345. The summed E-state index contributed by atoms with van der Waals surface area (Å²) in [6, 6.07) is 17.8. The zero-order valence-corrected chi connectivity index (χ0v) is 23.0. The van der Waals surface area contributed by atoms with Crippen LogP contribution in [0.3, 0.4) is 0 Å². The first-order valence-electron chi connectivity index (χ1n) is 12.6. The van der Waals surface area contributed by atoms with Crippen molar-refractivity contribution in [1.29, 1.82) is 0 Å². The van der Waals surface area contributed by atoms with Gasteiger partial charge in [0.05, 0.1) is 23.8 Å². The molecule has 5 rings (SSSR count). The van der Waals surface area contributed by atoms with Crippen molar-refractivity contribution in [1.82, 2.24) is 9.55 Å². The second-order valence-corrected chi connectivity index (χ2v) is 11.8. The lowest BCUT2D eigenvalue weighted by atomic mass is 9.96. The average Bonchev–Trinajstić information content (AvgIpc) is 3.26. The number of carbonyl (C=O) groups is 1. The number of anilines is 1. The molecule has 1 aliphatic rings. The van der Waals surface area contributed by atoms with Gasteiger partial charge < -0.3 is 10.1 Å². The van der Waals surface area contributed by atoms with E-state index in [-0.39, 0.29) is 23.3 Å². The van der Waals surface area contributed by atoms with Gasteiger partial charge in [-0.1, -0.05) is 73.6 Å². The van der Waals surface area contributed by atoms with Crippen molar-refractivity contribution < 1.29 is 9.53 Å². The van der Waals surface area contributed by atoms with Gasteiger partial charge in [0.1, 0.15) is 4.83 Å². The van der Waals surface area contributed by atoms with Crippen molar-refractivity contribution in [2.45, 2.75) is 58.0 Å². The highest BCUT2D eigenvalue weighted by molar-refractivity contribution is 7.99. The molecule has 37 heavy (non-hydrogen) atoms. The zero-order valence-electron chi connectivity index (χ0n) is 21.3. The Morgan fingerprint density at radius 3 is 2.68 bits per heavy atom. The first-order valence-corrected chi connectivity index (χ1v) is 14.4. The molecule has 4 aromatic rings. The normalized spacial score (nSPS) is 15.2. The number of hydrogen-bond donors (Lipinski definition) is 1. The summed E-state index contributed by atoms with van der Waals surface area (Å²) in [5.41, 5.74) is 4.11. The number of carbonyl (C=O) groups excluding carboxylic acids is 1. The lowest BCUT2D eigenvalue weighted by Gasteiger charge is -2.26. The van der Waals surface area contributed by atoms with Gasteiger partial charge in [0, 0.05) is 23.5 Å². The molecule has 192 valence electrons. The van der Waals surface area contributed by atoms with Crippen molar-refractivity contribution in [3.63, 3.8) is 0 Å². The Labute approximate surface area is 225 Å². The largest absolute Gasteiger partial charge is 0.372 e. The maximum Gasteiger partial charge on any atom is 0.263 e. The Balaban J connectivity index is 1.45. The topological polar surface area (TPSA) is 73.2 Å². The summed E-state index contributed by atoms with van der Waals surface area (Å²) in [5, 5.41) is 4.23. The van der Waals surface area contributed by atoms with E-state index < -0.39 is 0 Å². The SMILES string of the molecule is Cc1ccc(NC(=O)CSc2nc3sc4c(c3c(=O)n2CCc2ccccc2)C[C@H](C(C)C)OC4)cc1. The van der Waals surface area contributed by atoms with Crippen LogP contribution in [0.4, 0.5) is 5.69 Å². The van der Waals surface area contributed by atoms with Gasteiger partial charge in [-0.3, -0.25) is 14.2 Å². The quantitative estimate of drug-likeness (QED) is 0.228. The smallest absolute Gasteiger partial charge is 0.263 e. The maximum absolute atomic E-state index is 13.9. The van der Waals surface area contributed by atoms with E-state index in [4.69, 9.17) is 9.72 Å². The number of ether oxygens (including phenoxy) is 1. The molecule has 0 fully saturated rings. The summed E-state index contributed by atoms with van der Waals surface area (Å²) in [6.45, 7) is 7.33. The van der Waals surface area contributed by atoms with Gasteiger partial charge in [0.25, 0.3) is 5.56 Å². The average molecular weight is 534 g/mol. The Kier molecular flexibility index (Phi) is 7.79. The number of benzene rings is 2. The minimum atomic E-state index is -0.128. The summed E-state index contributed by atoms with van der Waals surface area (Å²) in [5.74, 6) is 0.413. The predicted molar refractivity (Wildman–Crippen MR) is 152 cm³/mol. The summed E-state index contributed by atoms with van der Waals surface area (Å²) < 4.78 is 7.82. The minimum Gasteiger partial charge on any atom is -0.372 e. The van der Waals surface area contributed by atoms with E-state index in [0.717, 1.165) is 43.9 Å². The molecule has 0 saturated carbocycles. The van der Waals surface area contributed by atoms with E-state index in [9.17, 15) is 9.59 Å². The standard InChI is InChI=1S/C29H31N3O3S2/c1-18(2)23-15-22-24(16-35-23)37-27-26(22)28(34)32(14-13-20-7-5-4-6-8-20)29(31-27)36-17-25(33)30-21-11-9-19(3)10-12-21/h4-12,18,23H,13-17H2,1-3H3,(H,30,33)/t23-/m1/s1. The van der Waals surface area contributed by atoms with Gasteiger partial charge in [-0.05, 0) is 42.5 Å². The number of aromatic nitrogens is 2. The second kappa shape index (κ2) is 11.2. The van der Waals surface area contributed by atoms with Crippen molar-refractivity contribution in [2.75, 3.05) is 11.1 Å². The fourth-order valence-corrected chi connectivity index (χ4v) is 6.52. The van der Waals surface area contributed by atoms with Gasteiger partial charge in [0.2, 0.25) is 5.91 Å². The van der Waals surface area contributed by atoms with E-state index >= 15 is 0 Å². The van der Waals surface area contributed by atoms with Gasteiger partial charge >= 0.3 is 0 Å². The molecule has 1 atom stereocenters. The molecule has 1 N–H and O–H groups in total. The number of aryl methyl sites for hydroxylation is 2. The Hall–Kier alpha value is -2.94. The molecule has 2 aromatic carbocycles. The third kappa shape index (κ3) is 5.81. The van der Waals surface area contributed by atoms with Crippen LogP contribution >= 0.6 is 23.1 Å². The van der Waals surface area contributed by atoms with Crippen molar-refractivity contribution in [3.05, 3.63) is 86.5 Å². The number of thiophene rings is 1. The van der Waals surface area contributed by atoms with Gasteiger partial charge in [-0.2, -0.15) is 0 Å². The first kappa shape index (κ1) is 25.7. The number of nitrogens with zero attached hydrogens (tertiary/aromatic N) is 2. The highest BCUT2D eigenvalue weighted by Crippen LogP contribution is 2.36. The van der Waals surface area contributed by atoms with Crippen LogP contribution in [0.1, 0.15) is 35.4 Å². The van der Waals surface area contributed by atoms with Crippen LogP contribution in [0.5, 0.6) is 0 Å². The van der Waals surface area contributed by atoms with Crippen LogP contribution in [0.15, 0.2) is 64.5 Å². The maximum atomic E-state index is 13.9. The van der Waals surface area contributed by atoms with Gasteiger partial charge in [0.15, 0.2) is 5.16 Å². The van der Waals surface area contributed by atoms with E-state index in [2.05, 4.69) is 31.3 Å². The van der Waals surface area contributed by atoms with E-state index in [1.807, 2.05) is 49.4 Å². The summed E-state index contributed by atoms with van der Waals surface area (Å²) in [4.78, 5) is 33.4. The Morgan fingerprint density at radius 2 is 1.95 bits per heavy atom. The summed E-state index contributed by atoms with van der Waals surface area (Å²) in [7, 11) is 0. The molecule has 1 aliphatic heterocycles. The lowest BCUT2D eigenvalue weighted by Crippen LogP contribution is -2.29. The number of hydrogen-bond acceptors (Lipinski definition) is 6. The molecule has 0 radical (unpaired) electrons. The molecule has 1 amide bonds. The third-order valence-corrected chi connectivity index (χ3v) is 8.75. The van der Waals surface area contributed by atoms with Crippen LogP contribution < -0.4 is 10.9 Å². The molecule has 2 aromatic heterocycles. The summed E-state index contributed by atoms with van der Waals surface area (Å²) >= 11 is 2.85. The van der Waals surface area contributed by atoms with Gasteiger partial charge in [-0.15, -0.1) is 11.3 Å². The van der Waals surface area contributed by atoms with Crippen molar-refractivity contribution in [2.24, 2.45) is 5.92 Å². The zero-order chi connectivity index (χ0) is 25.9. The van der Waals surface area contributed by atoms with Crippen LogP contribution in [0.2, 0.25) is 0 Å². The highest BCUT2D eigenvalue weighted by Gasteiger charge is 2.28. The fourth-order valence-electron chi connectivity index (χ4n) is 4.53. The van der Waals surface area contributed by atoms with Crippen LogP contribution in [-0.2, 0) is 35.5 Å². The molecule has 0 unspecified atom stereocenters. The number of rotatable bonds is 8. The number of thioether (sulfide) groups is 1. The number of amides is 1. The van der Waals surface area contributed by atoms with Gasteiger partial charge in [-0.25, -0.2) is 4.98 Å². The molecule has 3 heterocycles. The van der Waals surface area contributed by atoms with Crippen LogP contribution in [0.25, 0.3) is 10.2 Å². The predicted octanol–water partition coefficient (Wildman–Crippen LogP) is 5.84. The molecule has 0 aliphatic carbocycles. The highest BCUT2D eigenvalue weighted by atomic mass is 32.2. The van der Waals surface area contributed by atoms with Crippen LogP contribution in [-0.4, -0.2) is 27.3 Å². The molecule has 0 bridgehead atoms. The van der Waals surface area contributed by atoms with E-state index in [0.29, 0.717) is 30.6 Å². The summed E-state index contributed by atoms with van der Waals surface area (Å²) in [6.07, 6.45) is 1.54. The first-order chi connectivity index (χ1) is 17.9.